The average Bonchev–Trinajstić information content (AvgIpc) is 3.81. The lowest BCUT2D eigenvalue weighted by molar-refractivity contribution is 0.801. The molecule has 2 aliphatic rings. The zero-order valence-electron chi connectivity index (χ0n) is 33.4. The Hall–Kier alpha value is -7.80. The largest absolute Gasteiger partial charge is 0.0731 e. The average molecular weight is 771 g/mol. The van der Waals surface area contributed by atoms with Crippen LogP contribution in [0.3, 0.4) is 0 Å². The van der Waals surface area contributed by atoms with E-state index in [1.165, 1.54) is 121 Å². The Balaban J connectivity index is 0.969. The van der Waals surface area contributed by atoms with E-state index in [0.29, 0.717) is 0 Å². The first-order valence-electron chi connectivity index (χ1n) is 21.3. The summed E-state index contributed by atoms with van der Waals surface area (Å²) in [5, 5.41) is 7.56. The number of fused-ring (bicyclic) bond motifs is 14. The van der Waals surface area contributed by atoms with Crippen LogP contribution in [0.4, 0.5) is 0 Å². The van der Waals surface area contributed by atoms with Gasteiger partial charge in [-0.25, -0.2) is 0 Å². The molecular formula is C61H38. The standard InChI is InChI=1S/C61H38/c1-3-11-39(12-4-1)41-19-21-45-35-47(24-23-43(45)33-41)49-27-30-52-51(37-49)29-32-56-55-31-28-50(48-26-25-44-34-42(20-22-46(44)36-48)40-13-5-2-6-14-40)38-59(55)61(60(52)56)57-17-9-7-15-53(57)54-16-8-10-18-58(54)61/h1-38H. The van der Waals surface area contributed by atoms with Gasteiger partial charge in [0.15, 0.2) is 0 Å². The minimum atomic E-state index is -0.463. The molecule has 1 spiro atoms. The molecule has 0 radical (unpaired) electrons. The highest BCUT2D eigenvalue weighted by Gasteiger charge is 2.52. The number of hydrogen-bond acceptors (Lipinski definition) is 0. The first-order chi connectivity index (χ1) is 30.2. The van der Waals surface area contributed by atoms with Crippen molar-refractivity contribution >= 4 is 32.3 Å². The van der Waals surface area contributed by atoms with E-state index < -0.39 is 5.41 Å². The summed E-state index contributed by atoms with van der Waals surface area (Å²) in [5.41, 5.74) is 20.2. The summed E-state index contributed by atoms with van der Waals surface area (Å²) in [4.78, 5) is 0. The fourth-order valence-electron chi connectivity index (χ4n) is 10.8. The summed E-state index contributed by atoms with van der Waals surface area (Å²) in [7, 11) is 0. The second-order valence-electron chi connectivity index (χ2n) is 16.8. The van der Waals surface area contributed by atoms with Gasteiger partial charge in [0.2, 0.25) is 0 Å². The summed E-state index contributed by atoms with van der Waals surface area (Å²) in [6.45, 7) is 0. The first kappa shape index (κ1) is 34.1. The van der Waals surface area contributed by atoms with E-state index in [1.54, 1.807) is 0 Å². The molecular weight excluding hydrogens is 733 g/mol. The van der Waals surface area contributed by atoms with Gasteiger partial charge < -0.3 is 0 Å². The summed E-state index contributed by atoms with van der Waals surface area (Å²) in [6, 6.07) is 86.2. The van der Waals surface area contributed by atoms with Crippen LogP contribution in [-0.2, 0) is 5.41 Å². The molecule has 13 rings (SSSR count). The van der Waals surface area contributed by atoms with Crippen molar-refractivity contribution in [2.24, 2.45) is 0 Å². The minimum Gasteiger partial charge on any atom is -0.0622 e. The third-order valence-electron chi connectivity index (χ3n) is 13.6. The predicted octanol–water partition coefficient (Wildman–Crippen LogP) is 16.2. The SMILES string of the molecule is c1ccc(-c2ccc3cc(-c4ccc5c(c4)C4(c6ccccc6-c6ccccc64)c4c-5ccc5cc(-c6ccc7cc(-c8ccccc8)ccc7c6)ccc45)ccc3c2)cc1. The van der Waals surface area contributed by atoms with Crippen LogP contribution in [0, 0.1) is 0 Å². The smallest absolute Gasteiger partial charge is 0.0622 e. The molecule has 0 atom stereocenters. The molecule has 11 aromatic carbocycles. The van der Waals surface area contributed by atoms with Crippen molar-refractivity contribution in [3.05, 3.63) is 253 Å². The Kier molecular flexibility index (Phi) is 7.32. The second kappa shape index (κ2) is 13.1. The molecule has 0 nitrogen and oxygen atoms in total. The summed E-state index contributed by atoms with van der Waals surface area (Å²) in [5.74, 6) is 0. The molecule has 0 saturated heterocycles. The summed E-state index contributed by atoms with van der Waals surface area (Å²) in [6.07, 6.45) is 0. The van der Waals surface area contributed by atoms with Crippen LogP contribution in [0.5, 0.6) is 0 Å². The number of hydrogen-bond donors (Lipinski definition) is 0. The highest BCUT2D eigenvalue weighted by Crippen LogP contribution is 2.64. The zero-order chi connectivity index (χ0) is 40.1. The van der Waals surface area contributed by atoms with E-state index in [9.17, 15) is 0 Å². The van der Waals surface area contributed by atoms with Crippen LogP contribution in [0.1, 0.15) is 22.3 Å². The highest BCUT2D eigenvalue weighted by molar-refractivity contribution is 6.05. The molecule has 0 heteroatoms. The Morgan fingerprint density at radius 2 is 0.574 bits per heavy atom. The Bertz CT molecular complexity index is 3530. The van der Waals surface area contributed by atoms with Gasteiger partial charge in [-0.1, -0.05) is 194 Å². The summed E-state index contributed by atoms with van der Waals surface area (Å²) < 4.78 is 0. The third-order valence-corrected chi connectivity index (χ3v) is 13.6. The van der Waals surface area contributed by atoms with Crippen molar-refractivity contribution in [3.8, 4) is 66.8 Å². The van der Waals surface area contributed by atoms with Gasteiger partial charge in [-0.2, -0.15) is 0 Å². The molecule has 0 fully saturated rings. The van der Waals surface area contributed by atoms with E-state index in [2.05, 4.69) is 231 Å². The predicted molar refractivity (Wildman–Crippen MR) is 257 cm³/mol. The van der Waals surface area contributed by atoms with Crippen molar-refractivity contribution < 1.29 is 0 Å². The van der Waals surface area contributed by atoms with Crippen molar-refractivity contribution in [2.45, 2.75) is 5.41 Å². The van der Waals surface area contributed by atoms with Crippen LogP contribution in [0.2, 0.25) is 0 Å². The van der Waals surface area contributed by atoms with E-state index >= 15 is 0 Å². The monoisotopic (exact) mass is 770 g/mol. The van der Waals surface area contributed by atoms with Gasteiger partial charge in [0.05, 0.1) is 5.41 Å². The number of rotatable bonds is 4. The van der Waals surface area contributed by atoms with Gasteiger partial charge in [-0.05, 0) is 158 Å². The van der Waals surface area contributed by atoms with Crippen LogP contribution in [-0.4, -0.2) is 0 Å². The molecule has 0 heterocycles. The van der Waals surface area contributed by atoms with Crippen LogP contribution >= 0.6 is 0 Å². The Morgan fingerprint density at radius 1 is 0.213 bits per heavy atom. The molecule has 282 valence electrons. The minimum absolute atomic E-state index is 0.463. The van der Waals surface area contributed by atoms with Gasteiger partial charge in [-0.3, -0.25) is 0 Å². The molecule has 0 saturated carbocycles. The molecule has 2 aliphatic carbocycles. The molecule has 0 aliphatic heterocycles. The molecule has 0 amide bonds. The molecule has 0 aromatic heterocycles. The van der Waals surface area contributed by atoms with Crippen LogP contribution in [0.25, 0.3) is 99.1 Å². The first-order valence-corrected chi connectivity index (χ1v) is 21.3. The van der Waals surface area contributed by atoms with Gasteiger partial charge in [0.25, 0.3) is 0 Å². The van der Waals surface area contributed by atoms with Crippen molar-refractivity contribution in [2.75, 3.05) is 0 Å². The van der Waals surface area contributed by atoms with E-state index in [0.717, 1.165) is 0 Å². The lowest BCUT2D eigenvalue weighted by atomic mass is 9.69. The van der Waals surface area contributed by atoms with Gasteiger partial charge in [0.1, 0.15) is 0 Å². The van der Waals surface area contributed by atoms with E-state index in [-0.39, 0.29) is 0 Å². The van der Waals surface area contributed by atoms with E-state index in [1.807, 2.05) is 0 Å². The lowest BCUT2D eigenvalue weighted by Gasteiger charge is -2.31. The topological polar surface area (TPSA) is 0 Å². The normalized spacial score (nSPS) is 13.0. The van der Waals surface area contributed by atoms with E-state index in [4.69, 9.17) is 0 Å². The lowest BCUT2D eigenvalue weighted by Crippen LogP contribution is -2.26. The zero-order valence-corrected chi connectivity index (χ0v) is 33.4. The van der Waals surface area contributed by atoms with Crippen LogP contribution in [0.15, 0.2) is 231 Å². The maximum absolute atomic E-state index is 2.51. The number of benzene rings is 11. The fraction of sp³-hybridized carbons (Fsp3) is 0.0164. The second-order valence-corrected chi connectivity index (χ2v) is 16.8. The van der Waals surface area contributed by atoms with Crippen LogP contribution < -0.4 is 0 Å². The fourth-order valence-corrected chi connectivity index (χ4v) is 10.8. The maximum atomic E-state index is 2.51. The molecule has 0 bridgehead atoms. The summed E-state index contributed by atoms with van der Waals surface area (Å²) >= 11 is 0. The Morgan fingerprint density at radius 3 is 1.10 bits per heavy atom. The molecule has 0 unspecified atom stereocenters. The Labute approximate surface area is 355 Å². The van der Waals surface area contributed by atoms with Gasteiger partial charge >= 0.3 is 0 Å². The molecule has 11 aromatic rings. The van der Waals surface area contributed by atoms with Gasteiger partial charge in [0, 0.05) is 0 Å². The third kappa shape index (κ3) is 5.06. The highest BCUT2D eigenvalue weighted by atomic mass is 14.5. The molecule has 0 N–H and O–H groups in total. The molecule has 61 heavy (non-hydrogen) atoms. The van der Waals surface area contributed by atoms with Crippen molar-refractivity contribution in [1.82, 2.24) is 0 Å². The van der Waals surface area contributed by atoms with Crippen molar-refractivity contribution in [3.63, 3.8) is 0 Å². The van der Waals surface area contributed by atoms with Crippen molar-refractivity contribution in [1.29, 1.82) is 0 Å². The quantitative estimate of drug-likeness (QED) is 0.167. The maximum Gasteiger partial charge on any atom is 0.0731 e. The van der Waals surface area contributed by atoms with Gasteiger partial charge in [-0.15, -0.1) is 0 Å².